The fourth-order valence-corrected chi connectivity index (χ4v) is 5.26. The van der Waals surface area contributed by atoms with Crippen molar-refractivity contribution < 1.29 is 14.3 Å². The fraction of sp³-hybridized carbons (Fsp3) is 0.333. The van der Waals surface area contributed by atoms with Crippen LogP contribution in [0.5, 0.6) is 5.75 Å². The summed E-state index contributed by atoms with van der Waals surface area (Å²) in [5.74, 6) is 1.10. The molecule has 5 rings (SSSR count). The van der Waals surface area contributed by atoms with Gasteiger partial charge < -0.3 is 19.4 Å². The number of benzene rings is 3. The highest BCUT2D eigenvalue weighted by Crippen LogP contribution is 2.29. The Morgan fingerprint density at radius 1 is 0.750 bits per heavy atom. The number of hydrogen-bond acceptors (Lipinski definition) is 4. The van der Waals surface area contributed by atoms with Gasteiger partial charge in [0.05, 0.1) is 7.11 Å². The Bertz CT molecular complexity index is 1190. The Morgan fingerprint density at radius 2 is 1.47 bits per heavy atom. The highest BCUT2D eigenvalue weighted by Gasteiger charge is 2.27. The van der Waals surface area contributed by atoms with Crippen molar-refractivity contribution in [1.29, 1.82) is 0 Å². The van der Waals surface area contributed by atoms with Crippen LogP contribution in [0.3, 0.4) is 0 Å². The molecule has 0 saturated carbocycles. The second kappa shape index (κ2) is 10.9. The van der Waals surface area contributed by atoms with Crippen molar-refractivity contribution in [1.82, 2.24) is 9.80 Å². The van der Waals surface area contributed by atoms with Crippen molar-refractivity contribution in [3.05, 3.63) is 95.6 Å². The molecule has 2 aliphatic heterocycles. The van der Waals surface area contributed by atoms with Gasteiger partial charge in [-0.05, 0) is 66.9 Å². The maximum absolute atomic E-state index is 13.3. The lowest BCUT2D eigenvalue weighted by Crippen LogP contribution is -2.48. The summed E-state index contributed by atoms with van der Waals surface area (Å²) in [6.45, 7) is 4.52. The number of carbonyl (C=O) groups excluding carboxylic acids is 2. The molecule has 2 amide bonds. The van der Waals surface area contributed by atoms with Gasteiger partial charge in [-0.15, -0.1) is 0 Å². The molecule has 2 fully saturated rings. The maximum Gasteiger partial charge on any atom is 0.253 e. The molecule has 1 atom stereocenters. The highest BCUT2D eigenvalue weighted by atomic mass is 16.5. The molecular weight excluding hydrogens is 450 g/mol. The molecule has 6 heteroatoms. The van der Waals surface area contributed by atoms with Crippen LogP contribution in [0.25, 0.3) is 0 Å². The predicted octanol–water partition coefficient (Wildman–Crippen LogP) is 4.68. The minimum atomic E-state index is 0.0471. The van der Waals surface area contributed by atoms with Gasteiger partial charge >= 0.3 is 0 Å². The van der Waals surface area contributed by atoms with Crippen LogP contribution in [0.2, 0.25) is 0 Å². The molecular formula is C30H33N3O3. The number of anilines is 1. The van der Waals surface area contributed by atoms with E-state index in [2.05, 4.69) is 35.2 Å². The molecule has 186 valence electrons. The van der Waals surface area contributed by atoms with Crippen LogP contribution in [0, 0.1) is 0 Å². The topological polar surface area (TPSA) is 53.1 Å². The third-order valence-electron chi connectivity index (χ3n) is 7.34. The minimum Gasteiger partial charge on any atom is -0.497 e. The van der Waals surface area contributed by atoms with Gasteiger partial charge in [-0.1, -0.05) is 30.3 Å². The number of rotatable bonds is 5. The number of piperazine rings is 1. The average molecular weight is 484 g/mol. The van der Waals surface area contributed by atoms with E-state index in [0.29, 0.717) is 25.2 Å². The van der Waals surface area contributed by atoms with E-state index in [1.807, 2.05) is 58.3 Å². The molecule has 3 aromatic rings. The Morgan fingerprint density at radius 3 is 2.19 bits per heavy atom. The minimum absolute atomic E-state index is 0.0471. The van der Waals surface area contributed by atoms with Crippen molar-refractivity contribution >= 4 is 17.5 Å². The van der Waals surface area contributed by atoms with Gasteiger partial charge in [0.25, 0.3) is 11.8 Å². The molecule has 2 saturated heterocycles. The number of carbonyl (C=O) groups is 2. The van der Waals surface area contributed by atoms with E-state index >= 15 is 0 Å². The molecule has 2 aliphatic rings. The summed E-state index contributed by atoms with van der Waals surface area (Å²) in [5, 5.41) is 0. The van der Waals surface area contributed by atoms with E-state index in [1.54, 1.807) is 7.11 Å². The first-order valence-electron chi connectivity index (χ1n) is 12.7. The highest BCUT2D eigenvalue weighted by molar-refractivity contribution is 5.95. The van der Waals surface area contributed by atoms with E-state index in [9.17, 15) is 9.59 Å². The lowest BCUT2D eigenvalue weighted by molar-refractivity contribution is 0.0704. The maximum atomic E-state index is 13.3. The standard InChI is InChI=1S/C30H33N3O3/c1-36-28-14-12-23(13-15-28)29(34)33-16-6-9-26(22-33)24-7-5-8-25(21-24)30(35)32-19-17-31(18-20-32)27-10-3-2-4-11-27/h2-5,7-8,10-15,21,26H,6,9,16-20,22H2,1H3. The molecule has 2 heterocycles. The summed E-state index contributed by atoms with van der Waals surface area (Å²) < 4.78 is 5.21. The van der Waals surface area contributed by atoms with Crippen molar-refractivity contribution in [2.24, 2.45) is 0 Å². The van der Waals surface area contributed by atoms with Crippen LogP contribution in [0.4, 0.5) is 5.69 Å². The summed E-state index contributed by atoms with van der Waals surface area (Å²) >= 11 is 0. The van der Waals surface area contributed by atoms with Gasteiger partial charge in [0, 0.05) is 62.0 Å². The third-order valence-corrected chi connectivity index (χ3v) is 7.34. The Labute approximate surface area is 213 Å². The lowest BCUT2D eigenvalue weighted by Gasteiger charge is -2.36. The lowest BCUT2D eigenvalue weighted by atomic mass is 9.89. The Balaban J connectivity index is 1.23. The van der Waals surface area contributed by atoms with E-state index in [4.69, 9.17) is 4.74 Å². The average Bonchev–Trinajstić information content (AvgIpc) is 2.97. The fourth-order valence-electron chi connectivity index (χ4n) is 5.26. The Hall–Kier alpha value is -3.80. The molecule has 36 heavy (non-hydrogen) atoms. The van der Waals surface area contributed by atoms with Gasteiger partial charge in [-0.25, -0.2) is 0 Å². The number of likely N-dealkylation sites (tertiary alicyclic amines) is 1. The first-order valence-corrected chi connectivity index (χ1v) is 12.7. The number of nitrogens with zero attached hydrogens (tertiary/aromatic N) is 3. The van der Waals surface area contributed by atoms with Crippen LogP contribution < -0.4 is 9.64 Å². The first kappa shape index (κ1) is 23.9. The van der Waals surface area contributed by atoms with Crippen LogP contribution in [-0.2, 0) is 0 Å². The SMILES string of the molecule is COc1ccc(C(=O)N2CCCC(c3cccc(C(=O)N4CCN(c5ccccc5)CC4)c3)C2)cc1. The van der Waals surface area contributed by atoms with Crippen LogP contribution in [0.1, 0.15) is 45.0 Å². The van der Waals surface area contributed by atoms with Crippen LogP contribution in [0.15, 0.2) is 78.9 Å². The number of amides is 2. The Kier molecular flexibility index (Phi) is 7.21. The summed E-state index contributed by atoms with van der Waals surface area (Å²) in [7, 11) is 1.62. The summed E-state index contributed by atoms with van der Waals surface area (Å²) in [6, 6.07) is 25.7. The monoisotopic (exact) mass is 483 g/mol. The quantitative estimate of drug-likeness (QED) is 0.529. The molecule has 0 spiro atoms. The normalized spacial score (nSPS) is 18.1. The zero-order valence-electron chi connectivity index (χ0n) is 20.8. The molecule has 0 aliphatic carbocycles. The van der Waals surface area contributed by atoms with Crippen molar-refractivity contribution in [2.75, 3.05) is 51.3 Å². The number of piperidine rings is 1. The molecule has 0 aromatic heterocycles. The summed E-state index contributed by atoms with van der Waals surface area (Å²) in [5.41, 5.74) is 3.75. The second-order valence-electron chi connectivity index (χ2n) is 9.56. The van der Waals surface area contributed by atoms with Gasteiger partial charge in [-0.3, -0.25) is 9.59 Å². The molecule has 0 radical (unpaired) electrons. The summed E-state index contributed by atoms with van der Waals surface area (Å²) in [4.78, 5) is 32.7. The second-order valence-corrected chi connectivity index (χ2v) is 9.56. The van der Waals surface area contributed by atoms with Crippen molar-refractivity contribution in [2.45, 2.75) is 18.8 Å². The zero-order chi connectivity index (χ0) is 24.9. The van der Waals surface area contributed by atoms with Crippen LogP contribution in [-0.4, -0.2) is 68.0 Å². The first-order chi connectivity index (χ1) is 17.6. The third kappa shape index (κ3) is 5.23. The molecule has 1 unspecified atom stereocenters. The smallest absolute Gasteiger partial charge is 0.253 e. The molecule has 0 N–H and O–H groups in total. The summed E-state index contributed by atoms with van der Waals surface area (Å²) in [6.07, 6.45) is 1.96. The zero-order valence-corrected chi connectivity index (χ0v) is 20.8. The van der Waals surface area contributed by atoms with Gasteiger partial charge in [0.1, 0.15) is 5.75 Å². The van der Waals surface area contributed by atoms with E-state index in [-0.39, 0.29) is 17.7 Å². The number of hydrogen-bond donors (Lipinski definition) is 0. The number of methoxy groups -OCH3 is 1. The molecule has 3 aromatic carbocycles. The predicted molar refractivity (Wildman–Crippen MR) is 142 cm³/mol. The number of para-hydroxylation sites is 1. The number of ether oxygens (including phenoxy) is 1. The van der Waals surface area contributed by atoms with E-state index in [1.165, 1.54) is 5.69 Å². The van der Waals surface area contributed by atoms with E-state index < -0.39 is 0 Å². The van der Waals surface area contributed by atoms with Crippen LogP contribution >= 0.6 is 0 Å². The molecule has 0 bridgehead atoms. The van der Waals surface area contributed by atoms with Gasteiger partial charge in [0.15, 0.2) is 0 Å². The largest absolute Gasteiger partial charge is 0.497 e. The van der Waals surface area contributed by atoms with Crippen molar-refractivity contribution in [3.63, 3.8) is 0 Å². The van der Waals surface area contributed by atoms with Crippen molar-refractivity contribution in [3.8, 4) is 5.75 Å². The van der Waals surface area contributed by atoms with E-state index in [0.717, 1.165) is 49.4 Å². The molecule has 6 nitrogen and oxygen atoms in total. The van der Waals surface area contributed by atoms with Gasteiger partial charge in [-0.2, -0.15) is 0 Å². The van der Waals surface area contributed by atoms with Gasteiger partial charge in [0.2, 0.25) is 0 Å².